The van der Waals surface area contributed by atoms with E-state index in [0.717, 1.165) is 36.8 Å². The van der Waals surface area contributed by atoms with Gasteiger partial charge in [0.15, 0.2) is 0 Å². The van der Waals surface area contributed by atoms with E-state index in [1.54, 1.807) is 4.68 Å². The minimum Gasteiger partial charge on any atom is -0.378 e. The summed E-state index contributed by atoms with van der Waals surface area (Å²) in [5.41, 5.74) is 4.19. The molecule has 0 spiro atoms. The topological polar surface area (TPSA) is 64.7 Å². The molecule has 0 aliphatic heterocycles. The van der Waals surface area contributed by atoms with Gasteiger partial charge in [0, 0.05) is 55.5 Å². The molecule has 0 amide bonds. The molecule has 1 aliphatic rings. The summed E-state index contributed by atoms with van der Waals surface area (Å²) >= 11 is 0. The van der Waals surface area contributed by atoms with Gasteiger partial charge < -0.3 is 9.88 Å². The number of rotatable bonds is 6. The summed E-state index contributed by atoms with van der Waals surface area (Å²) in [6, 6.07) is 6.57. The highest BCUT2D eigenvalue weighted by Gasteiger charge is 2.23. The number of aromatic nitrogens is 4. The second kappa shape index (κ2) is 8.86. The van der Waals surface area contributed by atoms with Gasteiger partial charge >= 0.3 is 0 Å². The van der Waals surface area contributed by atoms with Crippen LogP contribution in [0.5, 0.6) is 0 Å². The Bertz CT molecular complexity index is 1030. The minimum absolute atomic E-state index is 0.0626. The van der Waals surface area contributed by atoms with Crippen molar-refractivity contribution < 1.29 is 0 Å². The maximum absolute atomic E-state index is 13.1. The monoisotopic (exact) mass is 405 g/mol. The van der Waals surface area contributed by atoms with Crippen molar-refractivity contribution in [2.75, 3.05) is 5.32 Å². The maximum atomic E-state index is 13.1. The van der Waals surface area contributed by atoms with Gasteiger partial charge in [-0.15, -0.1) is 0 Å². The second-order valence-electron chi connectivity index (χ2n) is 8.87. The van der Waals surface area contributed by atoms with E-state index in [0.29, 0.717) is 30.1 Å². The molecule has 1 saturated carbocycles. The van der Waals surface area contributed by atoms with Crippen molar-refractivity contribution in [3.8, 4) is 11.1 Å². The van der Waals surface area contributed by atoms with E-state index in [9.17, 15) is 4.79 Å². The lowest BCUT2D eigenvalue weighted by molar-refractivity contribution is 0.411. The third-order valence-electron chi connectivity index (χ3n) is 5.95. The molecule has 0 atom stereocenters. The van der Waals surface area contributed by atoms with Crippen molar-refractivity contribution in [1.29, 1.82) is 0 Å². The predicted octanol–water partition coefficient (Wildman–Crippen LogP) is 4.44. The molecule has 4 rings (SSSR count). The van der Waals surface area contributed by atoms with Crippen LogP contribution >= 0.6 is 0 Å². The minimum atomic E-state index is 0.0626. The van der Waals surface area contributed by atoms with E-state index < -0.39 is 0 Å². The molecule has 0 aromatic carbocycles. The third kappa shape index (κ3) is 4.64. The van der Waals surface area contributed by atoms with Crippen LogP contribution in [0, 0.1) is 5.92 Å². The Morgan fingerprint density at radius 3 is 2.47 bits per heavy atom. The average molecular weight is 406 g/mol. The lowest BCUT2D eigenvalue weighted by Crippen LogP contribution is -2.31. The quantitative estimate of drug-likeness (QED) is 0.659. The first-order valence-corrected chi connectivity index (χ1v) is 10.9. The number of hydrogen-bond acceptors (Lipinski definition) is 4. The molecule has 3 aromatic rings. The zero-order chi connectivity index (χ0) is 21.1. The van der Waals surface area contributed by atoms with E-state index in [4.69, 9.17) is 0 Å². The molecule has 0 radical (unpaired) electrons. The molecule has 0 unspecified atom stereocenters. The molecule has 0 bridgehead atoms. The number of nitrogens with one attached hydrogen (secondary N) is 1. The maximum Gasteiger partial charge on any atom is 0.273 e. The van der Waals surface area contributed by atoms with Crippen molar-refractivity contribution in [2.24, 2.45) is 13.0 Å². The molecular formula is C24H31N5O. The van der Waals surface area contributed by atoms with Crippen LogP contribution in [0.3, 0.4) is 0 Å². The highest BCUT2D eigenvalue weighted by atomic mass is 16.1. The first kappa shape index (κ1) is 20.4. The van der Waals surface area contributed by atoms with Gasteiger partial charge in [0.25, 0.3) is 5.56 Å². The van der Waals surface area contributed by atoms with Crippen molar-refractivity contribution in [1.82, 2.24) is 19.3 Å². The molecule has 6 heteroatoms. The number of anilines is 1. The highest BCUT2D eigenvalue weighted by Crippen LogP contribution is 2.33. The van der Waals surface area contributed by atoms with Gasteiger partial charge in [0.05, 0.1) is 6.20 Å². The summed E-state index contributed by atoms with van der Waals surface area (Å²) in [5.74, 6) is 0.987. The Labute approximate surface area is 178 Å². The molecule has 3 heterocycles. The lowest BCUT2D eigenvalue weighted by Gasteiger charge is -2.30. The Kier molecular flexibility index (Phi) is 6.02. The zero-order valence-corrected chi connectivity index (χ0v) is 18.1. The molecule has 1 N–H and O–H groups in total. The van der Waals surface area contributed by atoms with Crippen LogP contribution < -0.4 is 10.9 Å². The van der Waals surface area contributed by atoms with Crippen LogP contribution in [0.15, 0.2) is 54.0 Å². The Balaban J connectivity index is 1.54. The van der Waals surface area contributed by atoms with E-state index in [2.05, 4.69) is 41.4 Å². The number of pyridine rings is 2. The van der Waals surface area contributed by atoms with Crippen LogP contribution in [-0.2, 0) is 13.6 Å². The van der Waals surface area contributed by atoms with Gasteiger partial charge in [0.2, 0.25) is 0 Å². The Hall–Kier alpha value is -2.89. The third-order valence-corrected chi connectivity index (χ3v) is 5.95. The first-order chi connectivity index (χ1) is 14.5. The summed E-state index contributed by atoms with van der Waals surface area (Å²) < 4.78 is 3.64. The number of nitrogens with zero attached hydrogens (tertiary/aromatic N) is 4. The Morgan fingerprint density at radius 2 is 1.83 bits per heavy atom. The molecule has 0 saturated heterocycles. The molecule has 3 aromatic heterocycles. The van der Waals surface area contributed by atoms with Crippen LogP contribution in [0.25, 0.3) is 11.1 Å². The second-order valence-corrected chi connectivity index (χ2v) is 8.87. The average Bonchev–Trinajstić information content (AvgIpc) is 3.18. The molecule has 6 nitrogen and oxygen atoms in total. The largest absolute Gasteiger partial charge is 0.378 e. The summed E-state index contributed by atoms with van der Waals surface area (Å²) in [7, 11) is 1.91. The van der Waals surface area contributed by atoms with Gasteiger partial charge in [0.1, 0.15) is 5.69 Å². The van der Waals surface area contributed by atoms with Crippen molar-refractivity contribution in [3.05, 3.63) is 65.1 Å². The van der Waals surface area contributed by atoms with Crippen LogP contribution in [0.1, 0.15) is 51.0 Å². The lowest BCUT2D eigenvalue weighted by atomic mass is 9.82. The van der Waals surface area contributed by atoms with Crippen LogP contribution in [-0.4, -0.2) is 25.4 Å². The van der Waals surface area contributed by atoms with Gasteiger partial charge in [-0.3, -0.25) is 14.5 Å². The van der Waals surface area contributed by atoms with Crippen LogP contribution in [0.2, 0.25) is 0 Å². The summed E-state index contributed by atoms with van der Waals surface area (Å²) in [4.78, 5) is 17.3. The zero-order valence-electron chi connectivity index (χ0n) is 18.1. The van der Waals surface area contributed by atoms with E-state index in [1.807, 2.05) is 48.7 Å². The van der Waals surface area contributed by atoms with E-state index in [-0.39, 0.29) is 5.56 Å². The standard InChI is InChI=1S/C24H31N5O/c1-17(2)14-29-16-20(21-13-26-28(3)15-21)12-23(24(29)30)27-22-6-4-18(5-7-22)19-8-10-25-11-9-19/h8-13,15-18,22,27H,4-7,14H2,1-3H3/t18-,22+. The normalized spacial score (nSPS) is 19.2. The van der Waals surface area contributed by atoms with Crippen molar-refractivity contribution >= 4 is 5.69 Å². The fourth-order valence-corrected chi connectivity index (χ4v) is 4.42. The molecule has 30 heavy (non-hydrogen) atoms. The Morgan fingerprint density at radius 1 is 1.10 bits per heavy atom. The fraction of sp³-hybridized carbons (Fsp3) is 0.458. The van der Waals surface area contributed by atoms with E-state index >= 15 is 0 Å². The SMILES string of the molecule is CC(C)Cn1cc(-c2cnn(C)c2)cc(N[C@H]2CC[C@@H](c3ccncc3)CC2)c1=O. The fourth-order valence-electron chi connectivity index (χ4n) is 4.42. The number of aryl methyl sites for hydroxylation is 1. The number of hydrogen-bond donors (Lipinski definition) is 1. The summed E-state index contributed by atoms with van der Waals surface area (Å²) in [6.07, 6.45) is 13.9. The first-order valence-electron chi connectivity index (χ1n) is 10.9. The van der Waals surface area contributed by atoms with Gasteiger partial charge in [-0.2, -0.15) is 5.10 Å². The van der Waals surface area contributed by atoms with Gasteiger partial charge in [-0.05, 0) is 61.3 Å². The van der Waals surface area contributed by atoms with Gasteiger partial charge in [-0.1, -0.05) is 13.8 Å². The molecular weight excluding hydrogens is 374 g/mol. The van der Waals surface area contributed by atoms with E-state index in [1.165, 1.54) is 5.56 Å². The summed E-state index contributed by atoms with van der Waals surface area (Å²) in [5, 5.41) is 7.87. The highest BCUT2D eigenvalue weighted by molar-refractivity contribution is 5.65. The van der Waals surface area contributed by atoms with Crippen molar-refractivity contribution in [3.63, 3.8) is 0 Å². The molecule has 158 valence electrons. The van der Waals surface area contributed by atoms with Crippen LogP contribution in [0.4, 0.5) is 5.69 Å². The van der Waals surface area contributed by atoms with Gasteiger partial charge in [-0.25, -0.2) is 0 Å². The van der Waals surface area contributed by atoms with Crippen molar-refractivity contribution in [2.45, 2.75) is 58.0 Å². The molecule has 1 aliphatic carbocycles. The molecule has 1 fully saturated rings. The smallest absolute Gasteiger partial charge is 0.273 e. The summed E-state index contributed by atoms with van der Waals surface area (Å²) in [6.45, 7) is 4.98. The predicted molar refractivity (Wildman–Crippen MR) is 121 cm³/mol.